The van der Waals surface area contributed by atoms with E-state index in [1.54, 1.807) is 6.07 Å². The van der Waals surface area contributed by atoms with Gasteiger partial charge in [0.15, 0.2) is 0 Å². The fraction of sp³-hybridized carbons (Fsp3) is 0.737. The molecule has 0 amide bonds. The van der Waals surface area contributed by atoms with Crippen LogP contribution in [0.4, 0.5) is 5.69 Å². The average Bonchev–Trinajstić information content (AvgIpc) is 3.37. The molecule has 0 radical (unpaired) electrons. The highest BCUT2D eigenvalue weighted by Crippen LogP contribution is 2.65. The fourth-order valence-electron chi connectivity index (χ4n) is 11.5. The number of aliphatic hydroxyl groups is 1. The van der Waals surface area contributed by atoms with Gasteiger partial charge in [0, 0.05) is 47.8 Å². The lowest BCUT2D eigenvalue weighted by atomic mass is 9.45. The van der Waals surface area contributed by atoms with Crippen LogP contribution in [0.15, 0.2) is 26.5 Å². The number of hydrogen-bond acceptors (Lipinski definition) is 7. The van der Waals surface area contributed by atoms with Crippen molar-refractivity contribution < 1.29 is 14.4 Å². The summed E-state index contributed by atoms with van der Waals surface area (Å²) in [6, 6.07) is 4.00. The monoisotopic (exact) mass is 615 g/mol. The second kappa shape index (κ2) is 11.7. The zero-order valence-corrected chi connectivity index (χ0v) is 27.5. The Morgan fingerprint density at radius 2 is 1.89 bits per heavy atom. The molecule has 3 heterocycles. The third kappa shape index (κ3) is 5.06. The highest BCUT2D eigenvalue weighted by Gasteiger charge is 2.59. The number of hydrogen-bond donors (Lipinski definition) is 2. The number of oxime groups is 1. The summed E-state index contributed by atoms with van der Waals surface area (Å²) >= 11 is 0. The molecule has 8 rings (SSSR count). The Bertz CT molecular complexity index is 1530. The number of aliphatic hydroxyl groups excluding tert-OH is 1. The zero-order chi connectivity index (χ0) is 30.8. The number of anilines is 1. The number of fused-ring (bicyclic) bond motifs is 7. The minimum Gasteiger partial charge on any atom is -0.422 e. The van der Waals surface area contributed by atoms with Crippen LogP contribution in [-0.4, -0.2) is 49.7 Å². The quantitative estimate of drug-likeness (QED) is 0.213. The lowest BCUT2D eigenvalue weighted by Crippen LogP contribution is -2.54. The Labute approximate surface area is 268 Å². The van der Waals surface area contributed by atoms with E-state index in [9.17, 15) is 9.90 Å². The summed E-state index contributed by atoms with van der Waals surface area (Å²) in [6.07, 6.45) is 15.8. The number of benzene rings is 1. The molecular formula is C38H53N3O4. The smallest absolute Gasteiger partial charge is 0.336 e. The van der Waals surface area contributed by atoms with Crippen molar-refractivity contribution in [3.8, 4) is 0 Å². The minimum atomic E-state index is -0.238. The van der Waals surface area contributed by atoms with Crippen LogP contribution in [0, 0.1) is 34.5 Å². The molecule has 4 fully saturated rings. The first-order valence-corrected chi connectivity index (χ1v) is 18.3. The molecular weight excluding hydrogens is 562 g/mol. The average molecular weight is 616 g/mol. The molecule has 4 aliphatic carbocycles. The molecule has 7 nitrogen and oxygen atoms in total. The van der Waals surface area contributed by atoms with E-state index < -0.39 is 0 Å². The lowest BCUT2D eigenvalue weighted by Gasteiger charge is -2.60. The number of rotatable bonds is 7. The zero-order valence-electron chi connectivity index (χ0n) is 27.5. The molecule has 1 aromatic heterocycles. The third-order valence-electron chi connectivity index (χ3n) is 13.8. The van der Waals surface area contributed by atoms with Gasteiger partial charge >= 0.3 is 5.63 Å². The van der Waals surface area contributed by atoms with Crippen LogP contribution in [0.25, 0.3) is 11.0 Å². The maximum atomic E-state index is 12.6. The highest BCUT2D eigenvalue weighted by molar-refractivity contribution is 5.92. The molecule has 45 heavy (non-hydrogen) atoms. The Morgan fingerprint density at radius 3 is 2.78 bits per heavy atom. The first kappa shape index (κ1) is 30.0. The van der Waals surface area contributed by atoms with Gasteiger partial charge in [-0.15, -0.1) is 0 Å². The summed E-state index contributed by atoms with van der Waals surface area (Å²) in [6.45, 7) is 9.35. The van der Waals surface area contributed by atoms with Gasteiger partial charge in [0.25, 0.3) is 0 Å². The van der Waals surface area contributed by atoms with E-state index in [0.29, 0.717) is 17.9 Å². The standard InChI is InChI=1S/C38H53N3O4/c1-37-14-11-27(42)23-26(37)7-8-28-31-9-10-33(38(31,2)15-12-32(28)37)40-44-20-17-39-16-13-24-22-34(43)45-36-29-6-4-19-41-18-3-5-25(35(29)41)21-30(24)36/h21-22,26-28,31-32,39,42H,3-20,23H2,1-2H3/b40-33-/t26-,27+,28-,31-,32-,37-,38-/m0/s1. The molecule has 2 N–H and O–H groups in total. The maximum Gasteiger partial charge on any atom is 0.336 e. The molecule has 0 unspecified atom stereocenters. The van der Waals surface area contributed by atoms with Gasteiger partial charge in [0.05, 0.1) is 11.8 Å². The molecule has 7 heteroatoms. The highest BCUT2D eigenvalue weighted by atomic mass is 16.6. The van der Waals surface area contributed by atoms with E-state index >= 15 is 0 Å². The van der Waals surface area contributed by atoms with Gasteiger partial charge in [-0.3, -0.25) is 0 Å². The Morgan fingerprint density at radius 1 is 1.02 bits per heavy atom. The number of nitrogens with zero attached hydrogens (tertiary/aromatic N) is 2. The van der Waals surface area contributed by atoms with Crippen LogP contribution in [-0.2, 0) is 24.1 Å². The van der Waals surface area contributed by atoms with Crippen molar-refractivity contribution in [3.05, 3.63) is 39.2 Å². The van der Waals surface area contributed by atoms with Gasteiger partial charge in [0.1, 0.15) is 12.2 Å². The fourth-order valence-corrected chi connectivity index (χ4v) is 11.5. The van der Waals surface area contributed by atoms with E-state index in [2.05, 4.69) is 30.1 Å². The minimum absolute atomic E-state index is 0.0749. The van der Waals surface area contributed by atoms with Crippen molar-refractivity contribution in [3.63, 3.8) is 0 Å². The number of aryl methyl sites for hydroxylation is 2. The SMILES string of the molecule is C[C@]12CC[C@@H](O)C[C@@H]1CC[C@@H]1[C@@H]2CC[C@]2(C)/C(=N\OCCNCCc3cc(=O)oc4c5c6c(cc34)CCCN6CCC5)CC[C@@H]12. The Kier molecular flexibility index (Phi) is 7.79. The van der Waals surface area contributed by atoms with E-state index in [1.807, 2.05) is 0 Å². The van der Waals surface area contributed by atoms with Crippen molar-refractivity contribution in [2.75, 3.05) is 37.7 Å². The third-order valence-corrected chi connectivity index (χ3v) is 13.8. The first-order valence-electron chi connectivity index (χ1n) is 18.3. The van der Waals surface area contributed by atoms with Crippen LogP contribution >= 0.6 is 0 Å². The largest absolute Gasteiger partial charge is 0.422 e. The summed E-state index contributed by atoms with van der Waals surface area (Å²) in [7, 11) is 0. The van der Waals surface area contributed by atoms with E-state index in [0.717, 1.165) is 105 Å². The second-order valence-corrected chi connectivity index (χ2v) is 16.0. The molecule has 4 saturated carbocycles. The summed E-state index contributed by atoms with van der Waals surface area (Å²) in [4.78, 5) is 21.1. The van der Waals surface area contributed by atoms with Crippen molar-refractivity contribution in [1.82, 2.24) is 5.32 Å². The molecule has 0 spiro atoms. The first-order chi connectivity index (χ1) is 21.8. The molecule has 244 valence electrons. The Hall–Kier alpha value is -2.38. The molecule has 7 atom stereocenters. The molecule has 0 bridgehead atoms. The molecule has 0 saturated heterocycles. The predicted octanol–water partition coefficient (Wildman–Crippen LogP) is 6.40. The summed E-state index contributed by atoms with van der Waals surface area (Å²) < 4.78 is 5.84. The summed E-state index contributed by atoms with van der Waals surface area (Å²) in [5.74, 6) is 3.04. The molecule has 2 aromatic rings. The Balaban J connectivity index is 0.866. The van der Waals surface area contributed by atoms with E-state index in [1.165, 1.54) is 67.5 Å². The van der Waals surface area contributed by atoms with Crippen LogP contribution in [0.1, 0.15) is 101 Å². The van der Waals surface area contributed by atoms with Gasteiger partial charge in [0.2, 0.25) is 0 Å². The lowest BCUT2D eigenvalue weighted by molar-refractivity contribution is -0.114. The molecule has 1 aromatic carbocycles. The molecule has 6 aliphatic rings. The topological polar surface area (TPSA) is 87.3 Å². The molecule has 2 aliphatic heterocycles. The van der Waals surface area contributed by atoms with Gasteiger partial charge in [-0.05, 0) is 143 Å². The van der Waals surface area contributed by atoms with Gasteiger partial charge in [-0.2, -0.15) is 0 Å². The summed E-state index contributed by atoms with van der Waals surface area (Å²) in [5, 5.41) is 19.8. The number of nitrogens with one attached hydrogen (secondary N) is 1. The van der Waals surface area contributed by atoms with Crippen LogP contribution in [0.3, 0.4) is 0 Å². The van der Waals surface area contributed by atoms with E-state index in [-0.39, 0.29) is 17.1 Å². The maximum absolute atomic E-state index is 12.6. The van der Waals surface area contributed by atoms with Crippen LogP contribution in [0.5, 0.6) is 0 Å². The van der Waals surface area contributed by atoms with Crippen molar-refractivity contribution in [2.24, 2.45) is 39.7 Å². The van der Waals surface area contributed by atoms with Crippen molar-refractivity contribution >= 4 is 22.4 Å². The second-order valence-electron chi connectivity index (χ2n) is 16.0. The normalized spacial score (nSPS) is 36.4. The van der Waals surface area contributed by atoms with Gasteiger partial charge < -0.3 is 24.6 Å². The van der Waals surface area contributed by atoms with Crippen molar-refractivity contribution in [2.45, 2.75) is 110 Å². The van der Waals surface area contributed by atoms with E-state index in [4.69, 9.17) is 14.4 Å². The predicted molar refractivity (Wildman–Crippen MR) is 179 cm³/mol. The van der Waals surface area contributed by atoms with Gasteiger partial charge in [-0.25, -0.2) is 4.79 Å². The van der Waals surface area contributed by atoms with Gasteiger partial charge in [-0.1, -0.05) is 19.0 Å². The van der Waals surface area contributed by atoms with Crippen LogP contribution in [0.2, 0.25) is 0 Å². The van der Waals surface area contributed by atoms with Crippen LogP contribution < -0.4 is 15.8 Å². The van der Waals surface area contributed by atoms with Crippen molar-refractivity contribution in [1.29, 1.82) is 0 Å². The summed E-state index contributed by atoms with van der Waals surface area (Å²) in [5.41, 5.74) is 7.58.